The van der Waals surface area contributed by atoms with Gasteiger partial charge in [0.1, 0.15) is 0 Å². The predicted molar refractivity (Wildman–Crippen MR) is 172 cm³/mol. The van der Waals surface area contributed by atoms with Gasteiger partial charge in [0, 0.05) is 10.8 Å². The van der Waals surface area contributed by atoms with Gasteiger partial charge in [0.2, 0.25) is 0 Å². The molecule has 0 N–H and O–H groups in total. The molecule has 2 heteroatoms. The highest BCUT2D eigenvalue weighted by molar-refractivity contribution is 6.22. The van der Waals surface area contributed by atoms with Gasteiger partial charge in [0.15, 0.2) is 0 Å². The predicted octanol–water partition coefficient (Wildman–Crippen LogP) is 9.86. The van der Waals surface area contributed by atoms with Gasteiger partial charge in [0.25, 0.3) is 0 Å². The van der Waals surface area contributed by atoms with E-state index in [1.54, 1.807) is 0 Å². The third-order valence-electron chi connectivity index (χ3n) is 8.37. The Labute approximate surface area is 237 Å². The first-order valence-corrected chi connectivity index (χ1v) is 14.8. The van der Waals surface area contributed by atoms with Crippen LogP contribution in [0.15, 0.2) is 94.9 Å². The van der Waals surface area contributed by atoms with Crippen molar-refractivity contribution in [1.29, 1.82) is 0 Å². The molecule has 0 heterocycles. The lowest BCUT2D eigenvalue weighted by Gasteiger charge is -2.17. The standard InChI is InChI=1S/C38H38N2/c1-7-25-13-9-14-26(8-2)35(25)39-37-31-19-10-15-27-21-22-28-16-11-20-32(34(28)33(27)31)38(37)40-36-29(23(3)4)17-12-18-30(36)24(5)6/h9-24H,7-8H2,1-6H3. The van der Waals surface area contributed by atoms with Crippen LogP contribution in [0.1, 0.15) is 75.6 Å². The molecular formula is C38H38N2. The molecule has 2 nitrogen and oxygen atoms in total. The number of rotatable bonds is 6. The Morgan fingerprint density at radius 3 is 1.38 bits per heavy atom. The van der Waals surface area contributed by atoms with Gasteiger partial charge in [-0.2, -0.15) is 0 Å². The van der Waals surface area contributed by atoms with Crippen LogP contribution in [0.5, 0.6) is 0 Å². The summed E-state index contributed by atoms with van der Waals surface area (Å²) in [6.45, 7) is 13.5. The van der Waals surface area contributed by atoms with Crippen LogP contribution in [-0.4, -0.2) is 0 Å². The molecule has 0 aromatic heterocycles. The molecule has 0 atom stereocenters. The van der Waals surface area contributed by atoms with E-state index in [9.17, 15) is 0 Å². The van der Waals surface area contributed by atoms with E-state index >= 15 is 0 Å². The van der Waals surface area contributed by atoms with E-state index in [4.69, 9.17) is 9.98 Å². The minimum Gasteiger partial charge on any atom is -0.246 e. The molecule has 0 amide bonds. The van der Waals surface area contributed by atoms with Crippen molar-refractivity contribution < 1.29 is 0 Å². The van der Waals surface area contributed by atoms with Crippen molar-refractivity contribution >= 4 is 43.7 Å². The van der Waals surface area contributed by atoms with Crippen LogP contribution >= 0.6 is 0 Å². The van der Waals surface area contributed by atoms with Crippen LogP contribution in [-0.2, 0) is 12.8 Å². The molecule has 0 fully saturated rings. The Hall–Kier alpha value is -4.04. The third kappa shape index (κ3) is 4.27. The molecule has 0 aliphatic rings. The first-order valence-electron chi connectivity index (χ1n) is 14.8. The molecule has 200 valence electrons. The highest BCUT2D eigenvalue weighted by atomic mass is 14.8. The van der Waals surface area contributed by atoms with Crippen molar-refractivity contribution in [2.75, 3.05) is 0 Å². The summed E-state index contributed by atoms with van der Waals surface area (Å²) in [5, 5.41) is 9.33. The summed E-state index contributed by atoms with van der Waals surface area (Å²) >= 11 is 0. The van der Waals surface area contributed by atoms with Gasteiger partial charge in [-0.15, -0.1) is 0 Å². The summed E-state index contributed by atoms with van der Waals surface area (Å²) in [5.41, 5.74) is 7.32. The number of aryl methyl sites for hydroxylation is 2. The molecule has 6 aromatic rings. The smallest absolute Gasteiger partial charge is 0.0979 e. The molecule has 0 saturated heterocycles. The zero-order valence-electron chi connectivity index (χ0n) is 24.5. The van der Waals surface area contributed by atoms with E-state index in [-0.39, 0.29) is 0 Å². The van der Waals surface area contributed by atoms with Gasteiger partial charge >= 0.3 is 0 Å². The van der Waals surface area contributed by atoms with E-state index in [2.05, 4.69) is 126 Å². The maximum Gasteiger partial charge on any atom is 0.0979 e. The fourth-order valence-electron chi connectivity index (χ4n) is 6.26. The summed E-state index contributed by atoms with van der Waals surface area (Å²) in [5.74, 6) is 0.724. The van der Waals surface area contributed by atoms with Crippen LogP contribution < -0.4 is 10.7 Å². The average Bonchev–Trinajstić information content (AvgIpc) is 2.97. The van der Waals surface area contributed by atoms with Crippen LogP contribution in [0.4, 0.5) is 11.4 Å². The summed E-state index contributed by atoms with van der Waals surface area (Å²) < 4.78 is 0. The summed E-state index contributed by atoms with van der Waals surface area (Å²) in [6.07, 6.45) is 1.88. The molecule has 0 radical (unpaired) electrons. The lowest BCUT2D eigenvalue weighted by molar-refractivity contribution is 0.832. The van der Waals surface area contributed by atoms with Crippen molar-refractivity contribution in [2.24, 2.45) is 9.98 Å². The number of hydrogen-bond donors (Lipinski definition) is 0. The quantitative estimate of drug-likeness (QED) is 0.194. The molecule has 0 unspecified atom stereocenters. The summed E-state index contributed by atoms with van der Waals surface area (Å²) in [6, 6.07) is 31.0. The molecule has 40 heavy (non-hydrogen) atoms. The number of nitrogens with zero attached hydrogens (tertiary/aromatic N) is 2. The average molecular weight is 523 g/mol. The second-order valence-electron chi connectivity index (χ2n) is 11.5. The van der Waals surface area contributed by atoms with Crippen molar-refractivity contribution in [2.45, 2.75) is 66.2 Å². The fraction of sp³-hybridized carbons (Fsp3) is 0.263. The molecule has 6 aromatic carbocycles. The first kappa shape index (κ1) is 26.2. The summed E-state index contributed by atoms with van der Waals surface area (Å²) in [4.78, 5) is 11.2. The normalized spacial score (nSPS) is 13.2. The van der Waals surface area contributed by atoms with E-state index < -0.39 is 0 Å². The maximum absolute atomic E-state index is 5.65. The molecule has 0 bridgehead atoms. The number of para-hydroxylation sites is 2. The highest BCUT2D eigenvalue weighted by Gasteiger charge is 2.17. The second kappa shape index (κ2) is 10.5. The minimum atomic E-state index is 0.362. The van der Waals surface area contributed by atoms with Gasteiger partial charge in [-0.1, -0.05) is 126 Å². The lowest BCUT2D eigenvalue weighted by Crippen LogP contribution is -2.27. The van der Waals surface area contributed by atoms with Crippen molar-refractivity contribution in [3.8, 4) is 0 Å². The molecular weight excluding hydrogens is 484 g/mol. The molecule has 0 saturated carbocycles. The van der Waals surface area contributed by atoms with E-state index in [1.807, 2.05) is 0 Å². The third-order valence-corrected chi connectivity index (χ3v) is 8.37. The zero-order chi connectivity index (χ0) is 28.0. The Morgan fingerprint density at radius 1 is 0.500 bits per heavy atom. The molecule has 0 aliphatic carbocycles. The summed E-state index contributed by atoms with van der Waals surface area (Å²) in [7, 11) is 0. The first-order chi connectivity index (χ1) is 19.4. The van der Waals surface area contributed by atoms with Crippen molar-refractivity contribution in [3.63, 3.8) is 0 Å². The fourth-order valence-corrected chi connectivity index (χ4v) is 6.26. The van der Waals surface area contributed by atoms with Crippen molar-refractivity contribution in [1.82, 2.24) is 0 Å². The van der Waals surface area contributed by atoms with E-state index in [0.717, 1.165) is 34.9 Å². The Bertz CT molecular complexity index is 1930. The molecule has 0 aliphatic heterocycles. The Balaban J connectivity index is 1.91. The monoisotopic (exact) mass is 522 g/mol. The van der Waals surface area contributed by atoms with Gasteiger partial charge in [-0.05, 0) is 68.5 Å². The topological polar surface area (TPSA) is 24.7 Å². The van der Waals surface area contributed by atoms with Crippen LogP contribution in [0, 0.1) is 0 Å². The van der Waals surface area contributed by atoms with E-state index in [0.29, 0.717) is 11.8 Å². The zero-order valence-corrected chi connectivity index (χ0v) is 24.5. The number of benzene rings is 6. The molecule has 6 rings (SSSR count). The number of hydrogen-bond acceptors (Lipinski definition) is 2. The van der Waals surface area contributed by atoms with Crippen LogP contribution in [0.25, 0.3) is 32.3 Å². The van der Waals surface area contributed by atoms with Crippen LogP contribution in [0.3, 0.4) is 0 Å². The minimum absolute atomic E-state index is 0.362. The SMILES string of the molecule is CCc1cccc(CC)c1N=c1c(=Nc2c(C(C)C)cccc2C(C)C)c2cccc3ccc4cccc1c4c32. The Morgan fingerprint density at radius 2 is 0.925 bits per heavy atom. The Kier molecular flexibility index (Phi) is 6.88. The molecule has 0 spiro atoms. The second-order valence-corrected chi connectivity index (χ2v) is 11.5. The van der Waals surface area contributed by atoms with Crippen LogP contribution in [0.2, 0.25) is 0 Å². The largest absolute Gasteiger partial charge is 0.246 e. The van der Waals surface area contributed by atoms with Gasteiger partial charge in [-0.25, -0.2) is 9.98 Å². The van der Waals surface area contributed by atoms with Crippen molar-refractivity contribution in [3.05, 3.63) is 118 Å². The van der Waals surface area contributed by atoms with Gasteiger partial charge < -0.3 is 0 Å². The lowest BCUT2D eigenvalue weighted by atomic mass is 9.92. The highest BCUT2D eigenvalue weighted by Crippen LogP contribution is 2.36. The van der Waals surface area contributed by atoms with E-state index in [1.165, 1.54) is 54.6 Å². The maximum atomic E-state index is 5.65. The van der Waals surface area contributed by atoms with Gasteiger partial charge in [0.05, 0.1) is 22.1 Å². The van der Waals surface area contributed by atoms with Gasteiger partial charge in [-0.3, -0.25) is 0 Å².